The summed E-state index contributed by atoms with van der Waals surface area (Å²) in [4.78, 5) is 12.0. The number of carbonyl (C=O) groups is 1. The SMILES string of the molecule is COc1ccc(CCNC(=O)NC[C@H](O)c2cccc3ccccc23)cc1. The Morgan fingerprint density at radius 2 is 1.74 bits per heavy atom. The molecular weight excluding hydrogens is 340 g/mol. The molecule has 3 aromatic carbocycles. The minimum Gasteiger partial charge on any atom is -0.497 e. The first-order valence-corrected chi connectivity index (χ1v) is 8.98. The zero-order chi connectivity index (χ0) is 19.1. The number of aliphatic hydroxyl groups excluding tert-OH is 1. The lowest BCUT2D eigenvalue weighted by atomic mass is 10.0. The highest BCUT2D eigenvalue weighted by Gasteiger charge is 2.12. The third kappa shape index (κ3) is 4.99. The van der Waals surface area contributed by atoms with Crippen molar-refractivity contribution in [1.82, 2.24) is 10.6 Å². The quantitative estimate of drug-likeness (QED) is 0.602. The molecule has 0 saturated heterocycles. The fourth-order valence-corrected chi connectivity index (χ4v) is 3.02. The summed E-state index contributed by atoms with van der Waals surface area (Å²) in [6.07, 6.45) is -0.0352. The van der Waals surface area contributed by atoms with Gasteiger partial charge in [0.15, 0.2) is 0 Å². The number of hydrogen-bond donors (Lipinski definition) is 3. The van der Waals surface area contributed by atoms with E-state index in [0.717, 1.165) is 34.1 Å². The number of methoxy groups -OCH3 is 1. The average Bonchev–Trinajstić information content (AvgIpc) is 2.72. The molecule has 5 heteroatoms. The van der Waals surface area contributed by atoms with Crippen LogP contribution in [0.1, 0.15) is 17.2 Å². The number of nitrogens with one attached hydrogen (secondary N) is 2. The Bertz CT molecular complexity index is 888. The van der Waals surface area contributed by atoms with Crippen molar-refractivity contribution in [2.24, 2.45) is 0 Å². The Balaban J connectivity index is 1.46. The maximum absolute atomic E-state index is 12.0. The molecule has 0 spiro atoms. The lowest BCUT2D eigenvalue weighted by molar-refractivity contribution is 0.174. The number of urea groups is 1. The van der Waals surface area contributed by atoms with E-state index in [2.05, 4.69) is 10.6 Å². The molecule has 2 amide bonds. The number of carbonyl (C=O) groups excluding carboxylic acids is 1. The van der Waals surface area contributed by atoms with Crippen LogP contribution in [0, 0.1) is 0 Å². The molecule has 0 aromatic heterocycles. The zero-order valence-electron chi connectivity index (χ0n) is 15.3. The molecule has 0 saturated carbocycles. The van der Waals surface area contributed by atoms with Crippen LogP contribution in [-0.4, -0.2) is 31.3 Å². The molecule has 3 N–H and O–H groups in total. The van der Waals surface area contributed by atoms with E-state index in [1.54, 1.807) is 7.11 Å². The van der Waals surface area contributed by atoms with Crippen molar-refractivity contribution in [1.29, 1.82) is 0 Å². The van der Waals surface area contributed by atoms with Crippen LogP contribution in [0.3, 0.4) is 0 Å². The van der Waals surface area contributed by atoms with Crippen LogP contribution in [0.25, 0.3) is 10.8 Å². The molecule has 0 radical (unpaired) electrons. The number of hydrogen-bond acceptors (Lipinski definition) is 3. The number of rotatable bonds is 7. The second-order valence-electron chi connectivity index (χ2n) is 6.32. The van der Waals surface area contributed by atoms with Gasteiger partial charge in [0.05, 0.1) is 13.2 Å². The van der Waals surface area contributed by atoms with Gasteiger partial charge < -0.3 is 20.5 Å². The van der Waals surface area contributed by atoms with Gasteiger partial charge in [-0.05, 0) is 40.5 Å². The van der Waals surface area contributed by atoms with Crippen molar-refractivity contribution in [3.63, 3.8) is 0 Å². The van der Waals surface area contributed by atoms with Crippen molar-refractivity contribution in [2.75, 3.05) is 20.2 Å². The van der Waals surface area contributed by atoms with Crippen molar-refractivity contribution >= 4 is 16.8 Å². The van der Waals surface area contributed by atoms with Crippen molar-refractivity contribution < 1.29 is 14.6 Å². The first-order valence-electron chi connectivity index (χ1n) is 8.98. The van der Waals surface area contributed by atoms with Crippen molar-refractivity contribution in [3.05, 3.63) is 77.9 Å². The highest BCUT2D eigenvalue weighted by molar-refractivity contribution is 5.86. The van der Waals surface area contributed by atoms with Gasteiger partial charge in [0, 0.05) is 13.1 Å². The number of amides is 2. The maximum Gasteiger partial charge on any atom is 0.314 e. The molecule has 0 aliphatic heterocycles. The monoisotopic (exact) mass is 364 g/mol. The Morgan fingerprint density at radius 1 is 1.00 bits per heavy atom. The first-order chi connectivity index (χ1) is 13.2. The topological polar surface area (TPSA) is 70.6 Å². The number of benzene rings is 3. The summed E-state index contributed by atoms with van der Waals surface area (Å²) in [5.74, 6) is 0.812. The highest BCUT2D eigenvalue weighted by Crippen LogP contribution is 2.23. The summed E-state index contributed by atoms with van der Waals surface area (Å²) in [6, 6.07) is 21.1. The second-order valence-corrected chi connectivity index (χ2v) is 6.32. The minimum absolute atomic E-state index is 0.155. The van der Waals surface area contributed by atoms with E-state index in [1.165, 1.54) is 0 Å². The summed E-state index contributed by atoms with van der Waals surface area (Å²) < 4.78 is 5.13. The number of aliphatic hydroxyl groups is 1. The standard InChI is InChI=1S/C22H24N2O3/c1-27-18-11-9-16(10-12-18)13-14-23-22(26)24-15-21(25)20-8-4-6-17-5-2-3-7-19(17)20/h2-12,21,25H,13-15H2,1H3,(H2,23,24,26)/t21-/m0/s1. The van der Waals surface area contributed by atoms with Gasteiger partial charge in [0.25, 0.3) is 0 Å². The molecule has 0 aliphatic carbocycles. The Kier molecular flexibility index (Phi) is 6.28. The van der Waals surface area contributed by atoms with Gasteiger partial charge in [-0.2, -0.15) is 0 Å². The molecule has 5 nitrogen and oxygen atoms in total. The molecule has 0 aliphatic rings. The van der Waals surface area contributed by atoms with Crippen LogP contribution in [0.2, 0.25) is 0 Å². The molecule has 1 atom stereocenters. The van der Waals surface area contributed by atoms with Crippen molar-refractivity contribution in [2.45, 2.75) is 12.5 Å². The Labute approximate surface area is 159 Å². The molecule has 0 fully saturated rings. The molecule has 3 rings (SSSR count). The van der Waals surface area contributed by atoms with E-state index < -0.39 is 6.10 Å². The first kappa shape index (κ1) is 18.7. The summed E-state index contributed by atoms with van der Waals surface area (Å²) >= 11 is 0. The summed E-state index contributed by atoms with van der Waals surface area (Å²) in [5, 5.41) is 18.1. The maximum atomic E-state index is 12.0. The Hall–Kier alpha value is -3.05. The second kappa shape index (κ2) is 9.05. The zero-order valence-corrected chi connectivity index (χ0v) is 15.3. The van der Waals surface area contributed by atoms with Gasteiger partial charge in [-0.15, -0.1) is 0 Å². The van der Waals surface area contributed by atoms with Gasteiger partial charge in [0.1, 0.15) is 5.75 Å². The summed E-state index contributed by atoms with van der Waals surface area (Å²) in [5.41, 5.74) is 1.93. The third-order valence-corrected chi connectivity index (χ3v) is 4.50. The molecule has 0 heterocycles. The van der Waals surface area contributed by atoms with Crippen LogP contribution >= 0.6 is 0 Å². The molecule has 0 bridgehead atoms. The highest BCUT2D eigenvalue weighted by atomic mass is 16.5. The van der Waals surface area contributed by atoms with Crippen LogP contribution in [0.15, 0.2) is 66.7 Å². The Morgan fingerprint density at radius 3 is 2.52 bits per heavy atom. The van der Waals surface area contributed by atoms with Crippen LogP contribution in [-0.2, 0) is 6.42 Å². The van der Waals surface area contributed by atoms with E-state index in [9.17, 15) is 9.90 Å². The van der Waals surface area contributed by atoms with E-state index in [4.69, 9.17) is 4.74 Å². The largest absolute Gasteiger partial charge is 0.497 e. The van der Waals surface area contributed by atoms with Gasteiger partial charge in [0.2, 0.25) is 0 Å². The summed E-state index contributed by atoms with van der Waals surface area (Å²) in [7, 11) is 1.63. The molecule has 0 unspecified atom stereocenters. The smallest absolute Gasteiger partial charge is 0.314 e. The number of fused-ring (bicyclic) bond motifs is 1. The molecule has 27 heavy (non-hydrogen) atoms. The lowest BCUT2D eigenvalue weighted by Gasteiger charge is -2.15. The average molecular weight is 364 g/mol. The molecule has 140 valence electrons. The third-order valence-electron chi connectivity index (χ3n) is 4.50. The number of ether oxygens (including phenoxy) is 1. The van der Waals surface area contributed by atoms with Crippen LogP contribution < -0.4 is 15.4 Å². The molecular formula is C22H24N2O3. The van der Waals surface area contributed by atoms with Crippen molar-refractivity contribution in [3.8, 4) is 5.75 Å². The van der Waals surface area contributed by atoms with E-state index in [1.807, 2.05) is 66.7 Å². The van der Waals surface area contributed by atoms with Gasteiger partial charge >= 0.3 is 6.03 Å². The van der Waals surface area contributed by atoms with Gasteiger partial charge in [-0.3, -0.25) is 0 Å². The molecule has 3 aromatic rings. The van der Waals surface area contributed by atoms with E-state index in [-0.39, 0.29) is 12.6 Å². The van der Waals surface area contributed by atoms with Crippen LogP contribution in [0.5, 0.6) is 5.75 Å². The van der Waals surface area contributed by atoms with Gasteiger partial charge in [-0.25, -0.2) is 4.79 Å². The minimum atomic E-state index is -0.761. The summed E-state index contributed by atoms with van der Waals surface area (Å²) in [6.45, 7) is 0.672. The fraction of sp³-hybridized carbons (Fsp3) is 0.227. The van der Waals surface area contributed by atoms with Crippen LogP contribution in [0.4, 0.5) is 4.79 Å². The predicted octanol–water partition coefficient (Wildman–Crippen LogP) is 3.42. The fourth-order valence-electron chi connectivity index (χ4n) is 3.02. The van der Waals surface area contributed by atoms with Gasteiger partial charge in [-0.1, -0.05) is 54.6 Å². The van der Waals surface area contributed by atoms with E-state index >= 15 is 0 Å². The van der Waals surface area contributed by atoms with E-state index in [0.29, 0.717) is 6.54 Å². The lowest BCUT2D eigenvalue weighted by Crippen LogP contribution is -2.38. The normalized spacial score (nSPS) is 11.8. The predicted molar refractivity (Wildman–Crippen MR) is 107 cm³/mol.